The summed E-state index contributed by atoms with van der Waals surface area (Å²) in [5.74, 6) is 2.95. The minimum Gasteiger partial charge on any atom is -0.380 e. The molecule has 0 aliphatic carbocycles. The molecule has 0 fully saturated rings. The molecule has 1 unspecified atom stereocenters. The number of hydrogen-bond donors (Lipinski definition) is 1. The number of hydrogen-bond acceptors (Lipinski definition) is 1. The Labute approximate surface area is 83.6 Å². The molecule has 0 radical (unpaired) electrons. The molecule has 0 heterocycles. The van der Waals surface area contributed by atoms with E-state index >= 15 is 0 Å². The molecule has 13 heavy (non-hydrogen) atoms. The van der Waals surface area contributed by atoms with E-state index in [1.54, 1.807) is 0 Å². The van der Waals surface area contributed by atoms with Gasteiger partial charge in [-0.1, -0.05) is 46.7 Å². The molecular weight excluding hydrogens is 176 g/mol. The van der Waals surface area contributed by atoms with E-state index in [0.29, 0.717) is 0 Å². The molecule has 76 valence electrons. The van der Waals surface area contributed by atoms with Gasteiger partial charge < -0.3 is 5.11 Å². The maximum Gasteiger partial charge on any atom is 0.137 e. The molecule has 0 rings (SSSR count). The molecule has 2 heteroatoms. The number of rotatable bonds is 1. The first kappa shape index (κ1) is 12.7. The summed E-state index contributed by atoms with van der Waals surface area (Å²) in [5, 5.41) is 9.62. The zero-order valence-electron chi connectivity index (χ0n) is 9.73. The third kappa shape index (κ3) is 3.97. The Bertz CT molecular complexity index is 214. The fourth-order valence-electron chi connectivity index (χ4n) is 0.553. The second-order valence-corrected chi connectivity index (χ2v) is 10.1. The predicted octanol–water partition coefficient (Wildman–Crippen LogP) is 2.81. The fraction of sp³-hybridized carbons (Fsp3) is 0.818. The summed E-state index contributed by atoms with van der Waals surface area (Å²) in [4.78, 5) is 0. The normalized spacial score (nSPS) is 14.7. The zero-order valence-corrected chi connectivity index (χ0v) is 10.7. The highest BCUT2D eigenvalue weighted by Crippen LogP contribution is 2.35. The molecule has 0 saturated carbocycles. The minimum atomic E-state index is -1.51. The van der Waals surface area contributed by atoms with Crippen molar-refractivity contribution in [3.05, 3.63) is 0 Å². The molecule has 0 aliphatic heterocycles. The van der Waals surface area contributed by atoms with Crippen LogP contribution in [-0.2, 0) is 0 Å². The SMILES string of the molecule is CCC(O)C#C[Si](C)(C)C(C)(C)C. The molecule has 0 aromatic carbocycles. The van der Waals surface area contributed by atoms with Gasteiger partial charge in [-0.15, -0.1) is 5.54 Å². The van der Waals surface area contributed by atoms with Gasteiger partial charge in [0.15, 0.2) is 0 Å². The van der Waals surface area contributed by atoms with Gasteiger partial charge in [-0.3, -0.25) is 0 Å². The number of aliphatic hydroxyl groups is 1. The Morgan fingerprint density at radius 1 is 1.31 bits per heavy atom. The first-order valence-corrected chi connectivity index (χ1v) is 7.91. The van der Waals surface area contributed by atoms with Crippen LogP contribution < -0.4 is 0 Å². The summed E-state index contributed by atoms with van der Waals surface area (Å²) in [5.41, 5.74) is 3.29. The van der Waals surface area contributed by atoms with Crippen molar-refractivity contribution in [2.24, 2.45) is 0 Å². The van der Waals surface area contributed by atoms with Gasteiger partial charge in [-0.2, -0.15) is 0 Å². The van der Waals surface area contributed by atoms with Crippen molar-refractivity contribution in [1.82, 2.24) is 0 Å². The van der Waals surface area contributed by atoms with Crippen LogP contribution in [0, 0.1) is 11.5 Å². The number of aliphatic hydroxyl groups excluding tert-OH is 1. The summed E-state index contributed by atoms with van der Waals surface area (Å²) >= 11 is 0. The monoisotopic (exact) mass is 198 g/mol. The maximum atomic E-state index is 9.34. The lowest BCUT2D eigenvalue weighted by atomic mass is 10.2. The van der Waals surface area contributed by atoms with Crippen LogP contribution in [0.2, 0.25) is 18.1 Å². The van der Waals surface area contributed by atoms with Gasteiger partial charge in [0.2, 0.25) is 0 Å². The van der Waals surface area contributed by atoms with Gasteiger partial charge in [0.25, 0.3) is 0 Å². The van der Waals surface area contributed by atoms with Crippen molar-refractivity contribution in [3.63, 3.8) is 0 Å². The largest absolute Gasteiger partial charge is 0.380 e. The molecule has 0 saturated heterocycles. The van der Waals surface area contributed by atoms with E-state index in [4.69, 9.17) is 0 Å². The molecule has 1 atom stereocenters. The maximum absolute atomic E-state index is 9.34. The van der Waals surface area contributed by atoms with Crippen LogP contribution in [0.15, 0.2) is 0 Å². The van der Waals surface area contributed by atoms with E-state index in [9.17, 15) is 5.11 Å². The highest BCUT2D eigenvalue weighted by molar-refractivity contribution is 6.87. The van der Waals surface area contributed by atoms with Crippen LogP contribution in [0.4, 0.5) is 0 Å². The summed E-state index contributed by atoms with van der Waals surface area (Å²) in [7, 11) is -1.51. The first-order valence-electron chi connectivity index (χ1n) is 4.91. The van der Waals surface area contributed by atoms with E-state index in [1.807, 2.05) is 6.92 Å². The topological polar surface area (TPSA) is 20.2 Å². The summed E-state index contributed by atoms with van der Waals surface area (Å²) < 4.78 is 0. The fourth-order valence-corrected chi connectivity index (χ4v) is 1.46. The summed E-state index contributed by atoms with van der Waals surface area (Å²) in [6, 6.07) is 0. The lowest BCUT2D eigenvalue weighted by Crippen LogP contribution is -2.35. The van der Waals surface area contributed by atoms with Crippen molar-refractivity contribution in [2.75, 3.05) is 0 Å². The quantitative estimate of drug-likeness (QED) is 0.507. The van der Waals surface area contributed by atoms with Gasteiger partial charge >= 0.3 is 0 Å². The third-order valence-corrected chi connectivity index (χ3v) is 7.33. The molecule has 1 nitrogen and oxygen atoms in total. The van der Waals surface area contributed by atoms with Gasteiger partial charge in [0.1, 0.15) is 14.2 Å². The summed E-state index contributed by atoms with van der Waals surface area (Å²) in [6.07, 6.45) is 0.288. The van der Waals surface area contributed by atoms with Crippen LogP contribution in [-0.4, -0.2) is 19.3 Å². The average molecular weight is 198 g/mol. The highest BCUT2D eigenvalue weighted by atomic mass is 28.3. The van der Waals surface area contributed by atoms with E-state index < -0.39 is 14.2 Å². The standard InChI is InChI=1S/C11H22OSi/c1-7-10(12)8-9-13(5,6)11(2,3)4/h10,12H,7H2,1-6H3. The second-order valence-electron chi connectivity index (χ2n) is 5.07. The molecule has 0 aromatic heterocycles. The van der Waals surface area contributed by atoms with Gasteiger partial charge in [-0.25, -0.2) is 0 Å². The van der Waals surface area contributed by atoms with Crippen LogP contribution in [0.1, 0.15) is 34.1 Å². The average Bonchev–Trinajstić information content (AvgIpc) is 1.98. The van der Waals surface area contributed by atoms with Crippen molar-refractivity contribution >= 4 is 8.07 Å². The highest BCUT2D eigenvalue weighted by Gasteiger charge is 2.33. The zero-order chi connectivity index (χ0) is 10.7. The summed E-state index contributed by atoms with van der Waals surface area (Å²) in [6.45, 7) is 13.1. The minimum absolute atomic E-state index is 0.285. The molecular formula is C11H22OSi. The molecule has 0 amide bonds. The van der Waals surface area contributed by atoms with Crippen molar-refractivity contribution in [3.8, 4) is 11.5 Å². The predicted molar refractivity (Wildman–Crippen MR) is 61.3 cm³/mol. The Balaban J connectivity index is 4.56. The Morgan fingerprint density at radius 3 is 2.08 bits per heavy atom. The Morgan fingerprint density at radius 2 is 1.77 bits per heavy atom. The Hall–Kier alpha value is -0.263. The van der Waals surface area contributed by atoms with Gasteiger partial charge in [-0.05, 0) is 11.5 Å². The van der Waals surface area contributed by atoms with E-state index in [0.717, 1.165) is 6.42 Å². The molecule has 1 N–H and O–H groups in total. The molecule has 0 spiro atoms. The van der Waals surface area contributed by atoms with Crippen LogP contribution in [0.25, 0.3) is 0 Å². The van der Waals surface area contributed by atoms with E-state index in [1.165, 1.54) is 0 Å². The lowest BCUT2D eigenvalue weighted by molar-refractivity contribution is 0.228. The molecule has 0 aromatic rings. The van der Waals surface area contributed by atoms with E-state index in [-0.39, 0.29) is 5.04 Å². The second kappa shape index (κ2) is 4.30. The van der Waals surface area contributed by atoms with E-state index in [2.05, 4.69) is 45.3 Å². The molecule has 0 bridgehead atoms. The van der Waals surface area contributed by atoms with Gasteiger partial charge in [0, 0.05) is 0 Å². The van der Waals surface area contributed by atoms with Crippen LogP contribution in [0.3, 0.4) is 0 Å². The molecule has 0 aliphatic rings. The smallest absolute Gasteiger partial charge is 0.137 e. The first-order chi connectivity index (χ1) is 5.70. The van der Waals surface area contributed by atoms with Crippen LogP contribution in [0.5, 0.6) is 0 Å². The van der Waals surface area contributed by atoms with Crippen molar-refractivity contribution in [2.45, 2.75) is 58.4 Å². The van der Waals surface area contributed by atoms with Gasteiger partial charge in [0.05, 0.1) is 0 Å². The van der Waals surface area contributed by atoms with Crippen molar-refractivity contribution < 1.29 is 5.11 Å². The Kier molecular flexibility index (Phi) is 4.21. The van der Waals surface area contributed by atoms with Crippen molar-refractivity contribution in [1.29, 1.82) is 0 Å². The third-order valence-electron chi connectivity index (χ3n) is 2.81. The lowest BCUT2D eigenvalue weighted by Gasteiger charge is -2.31. The van der Waals surface area contributed by atoms with Crippen LogP contribution >= 0.6 is 0 Å².